The van der Waals surface area contributed by atoms with Gasteiger partial charge in [-0.05, 0) is 70.8 Å². The summed E-state index contributed by atoms with van der Waals surface area (Å²) in [5, 5.41) is 4.77. The Labute approximate surface area is 334 Å². The summed E-state index contributed by atoms with van der Waals surface area (Å²) in [5.41, 5.74) is 14.1. The van der Waals surface area contributed by atoms with Crippen molar-refractivity contribution in [3.63, 3.8) is 0 Å². The molecule has 2 aliphatic heterocycles. The first-order valence-corrected chi connectivity index (χ1v) is 19.9. The maximum Gasteiger partial charge on any atom is 0.138 e. The molecule has 0 bridgehead atoms. The molecule has 1 spiro atoms. The Morgan fingerprint density at radius 1 is 0.379 bits per heavy atom. The molecule has 0 fully saturated rings. The van der Waals surface area contributed by atoms with Gasteiger partial charge < -0.3 is 9.30 Å². The summed E-state index contributed by atoms with van der Waals surface area (Å²) in [6.07, 6.45) is 0. The van der Waals surface area contributed by atoms with Crippen LogP contribution in [0.5, 0.6) is 11.5 Å². The molecule has 0 amide bonds. The van der Waals surface area contributed by atoms with Crippen LogP contribution in [0.2, 0.25) is 0 Å². The number of para-hydroxylation sites is 5. The average Bonchev–Trinajstić information content (AvgIpc) is 3.81. The predicted molar refractivity (Wildman–Crippen MR) is 236 cm³/mol. The topological polar surface area (TPSA) is 32.0 Å². The van der Waals surface area contributed by atoms with Crippen molar-refractivity contribution >= 4 is 43.6 Å². The fraction of sp³-hybridized carbons (Fsp3) is 0.0185. The third-order valence-electron chi connectivity index (χ3n) is 12.6. The van der Waals surface area contributed by atoms with E-state index in [1.54, 1.807) is 0 Å². The molecule has 1 unspecified atom stereocenters. The largest absolute Gasteiger partial charge is 0.457 e. The zero-order chi connectivity index (χ0) is 38.0. The van der Waals surface area contributed by atoms with Crippen LogP contribution in [0.4, 0.5) is 0 Å². The van der Waals surface area contributed by atoms with Gasteiger partial charge in [0.25, 0.3) is 0 Å². The van der Waals surface area contributed by atoms with E-state index in [-0.39, 0.29) is 0 Å². The minimum atomic E-state index is -0.686. The number of hydrogen-bond donors (Lipinski definition) is 0. The van der Waals surface area contributed by atoms with Gasteiger partial charge in [0.2, 0.25) is 0 Å². The van der Waals surface area contributed by atoms with Crippen LogP contribution in [-0.4, -0.2) is 14.1 Å². The van der Waals surface area contributed by atoms with Gasteiger partial charge in [0.1, 0.15) is 17.3 Å². The van der Waals surface area contributed by atoms with E-state index in [4.69, 9.17) is 9.72 Å². The van der Waals surface area contributed by atoms with Gasteiger partial charge in [0, 0.05) is 38.2 Å². The third kappa shape index (κ3) is 4.10. The molecule has 5 heterocycles. The fourth-order valence-corrected chi connectivity index (χ4v) is 10.2. The Morgan fingerprint density at radius 2 is 1.00 bits per heavy atom. The number of hydrogen-bond acceptors (Lipinski definition) is 2. The highest BCUT2D eigenvalue weighted by molar-refractivity contribution is 6.13. The summed E-state index contributed by atoms with van der Waals surface area (Å²) >= 11 is 0. The van der Waals surface area contributed by atoms with Crippen molar-refractivity contribution in [2.75, 3.05) is 0 Å². The highest BCUT2D eigenvalue weighted by atomic mass is 16.5. The van der Waals surface area contributed by atoms with Gasteiger partial charge in [0.05, 0.1) is 38.9 Å². The molecule has 3 aromatic heterocycles. The molecule has 4 heteroatoms. The van der Waals surface area contributed by atoms with E-state index in [1.807, 2.05) is 0 Å². The fourth-order valence-electron chi connectivity index (χ4n) is 10.2. The first-order valence-electron chi connectivity index (χ1n) is 19.9. The molecule has 13 rings (SSSR count). The number of rotatable bonds is 3. The van der Waals surface area contributed by atoms with Crippen molar-refractivity contribution in [1.29, 1.82) is 0 Å². The summed E-state index contributed by atoms with van der Waals surface area (Å²) in [4.78, 5) is 5.47. The van der Waals surface area contributed by atoms with Crippen molar-refractivity contribution in [3.8, 4) is 45.4 Å². The van der Waals surface area contributed by atoms with Gasteiger partial charge in [0.15, 0.2) is 0 Å². The van der Waals surface area contributed by atoms with E-state index in [0.717, 1.165) is 72.6 Å². The predicted octanol–water partition coefficient (Wildman–Crippen LogP) is 13.4. The Hall–Kier alpha value is -7.69. The summed E-state index contributed by atoms with van der Waals surface area (Å²) in [6.45, 7) is 0. The van der Waals surface area contributed by atoms with Crippen LogP contribution < -0.4 is 4.74 Å². The number of pyridine rings is 1. The molecule has 11 aromatic rings. The SMILES string of the molecule is c1ccc(-c2cc(-c3ccccc3)nc(-n3c4ccccc4c4cc5c(cc43)C3(c4ccccc4O5)c4ccccc4-n4c5ccccc5c5cccc3c54)c2)cc1. The molecule has 8 aromatic carbocycles. The molecule has 270 valence electrons. The molecule has 0 saturated carbocycles. The Kier molecular flexibility index (Phi) is 6.34. The highest BCUT2D eigenvalue weighted by Gasteiger charge is 2.50. The van der Waals surface area contributed by atoms with Crippen molar-refractivity contribution in [1.82, 2.24) is 14.1 Å². The van der Waals surface area contributed by atoms with Crippen LogP contribution in [0, 0.1) is 0 Å². The molecule has 2 aliphatic rings. The molecular weight excluding hydrogens is 707 g/mol. The molecule has 0 aliphatic carbocycles. The number of benzene rings is 8. The second kappa shape index (κ2) is 11.7. The van der Waals surface area contributed by atoms with Gasteiger partial charge in [-0.1, -0.05) is 152 Å². The number of aromatic nitrogens is 3. The zero-order valence-electron chi connectivity index (χ0n) is 31.3. The normalized spacial score (nSPS) is 15.1. The second-order valence-electron chi connectivity index (χ2n) is 15.5. The Balaban J connectivity index is 1.18. The lowest BCUT2D eigenvalue weighted by atomic mass is 9.61. The van der Waals surface area contributed by atoms with E-state index < -0.39 is 5.41 Å². The van der Waals surface area contributed by atoms with Gasteiger partial charge in [-0.3, -0.25) is 4.57 Å². The zero-order valence-corrected chi connectivity index (χ0v) is 31.3. The van der Waals surface area contributed by atoms with Crippen LogP contribution >= 0.6 is 0 Å². The Morgan fingerprint density at radius 3 is 1.81 bits per heavy atom. The molecule has 1 atom stereocenters. The second-order valence-corrected chi connectivity index (χ2v) is 15.5. The van der Waals surface area contributed by atoms with Crippen molar-refractivity contribution in [3.05, 3.63) is 222 Å². The number of fused-ring (bicyclic) bond motifs is 14. The maximum atomic E-state index is 7.06. The lowest BCUT2D eigenvalue weighted by Gasteiger charge is -2.45. The molecular formula is C54H33N3O. The summed E-state index contributed by atoms with van der Waals surface area (Å²) < 4.78 is 11.9. The van der Waals surface area contributed by atoms with E-state index in [2.05, 4.69) is 209 Å². The van der Waals surface area contributed by atoms with Crippen LogP contribution in [-0.2, 0) is 5.41 Å². The van der Waals surface area contributed by atoms with Crippen LogP contribution in [0.3, 0.4) is 0 Å². The minimum absolute atomic E-state index is 0.686. The first-order chi connectivity index (χ1) is 28.8. The molecule has 0 radical (unpaired) electrons. The lowest BCUT2D eigenvalue weighted by molar-refractivity contribution is 0.435. The molecule has 0 N–H and O–H groups in total. The molecule has 58 heavy (non-hydrogen) atoms. The smallest absolute Gasteiger partial charge is 0.138 e. The van der Waals surface area contributed by atoms with Gasteiger partial charge in [-0.2, -0.15) is 0 Å². The van der Waals surface area contributed by atoms with Crippen molar-refractivity contribution < 1.29 is 4.74 Å². The van der Waals surface area contributed by atoms with Gasteiger partial charge >= 0.3 is 0 Å². The van der Waals surface area contributed by atoms with Gasteiger partial charge in [-0.15, -0.1) is 0 Å². The quantitative estimate of drug-likeness (QED) is 0.181. The van der Waals surface area contributed by atoms with Crippen LogP contribution in [0.1, 0.15) is 22.3 Å². The van der Waals surface area contributed by atoms with Crippen LogP contribution in [0.25, 0.3) is 77.5 Å². The van der Waals surface area contributed by atoms with Crippen molar-refractivity contribution in [2.24, 2.45) is 0 Å². The summed E-state index contributed by atoms with van der Waals surface area (Å²) in [7, 11) is 0. The lowest BCUT2D eigenvalue weighted by Crippen LogP contribution is -2.37. The standard InChI is InChI=1S/C54H33N3O/c1-3-16-34(17-4-1)36-30-45(35-18-5-2-6-19-35)55-52(31-36)56-46-26-11-8-21-38(46)40-32-51-44(33-49(40)56)54(42-24-10-14-29-50(42)58-51)41-23-9-13-28-48(41)57-47-27-12-7-20-37(47)39-22-15-25-43(54)53(39)57/h1-33H. The minimum Gasteiger partial charge on any atom is -0.457 e. The maximum absolute atomic E-state index is 7.06. The summed E-state index contributed by atoms with van der Waals surface area (Å²) in [5.74, 6) is 2.60. The molecule has 4 nitrogen and oxygen atoms in total. The number of nitrogens with zero attached hydrogens (tertiary/aromatic N) is 3. The van der Waals surface area contributed by atoms with Crippen LogP contribution in [0.15, 0.2) is 200 Å². The van der Waals surface area contributed by atoms with Gasteiger partial charge in [-0.25, -0.2) is 4.98 Å². The van der Waals surface area contributed by atoms with E-state index >= 15 is 0 Å². The number of ether oxygens (including phenoxy) is 1. The monoisotopic (exact) mass is 739 g/mol. The Bertz CT molecular complexity index is 3430. The summed E-state index contributed by atoms with van der Waals surface area (Å²) in [6, 6.07) is 72.2. The van der Waals surface area contributed by atoms with E-state index in [0.29, 0.717) is 0 Å². The van der Waals surface area contributed by atoms with Crippen molar-refractivity contribution in [2.45, 2.75) is 5.41 Å². The highest BCUT2D eigenvalue weighted by Crippen LogP contribution is 2.61. The first kappa shape index (κ1) is 31.5. The third-order valence-corrected chi connectivity index (χ3v) is 12.6. The van der Waals surface area contributed by atoms with E-state index in [1.165, 1.54) is 38.6 Å². The average molecular weight is 740 g/mol. The van der Waals surface area contributed by atoms with E-state index in [9.17, 15) is 0 Å². The molecule has 0 saturated heterocycles.